The molecule has 0 aliphatic carbocycles. The lowest BCUT2D eigenvalue weighted by Crippen LogP contribution is -2.55. The van der Waals surface area contributed by atoms with Crippen LogP contribution in [-0.4, -0.2) is 49.6 Å². The van der Waals surface area contributed by atoms with Crippen LogP contribution in [0.2, 0.25) is 5.02 Å². The topological polar surface area (TPSA) is 26.8 Å². The first-order chi connectivity index (χ1) is 13.1. The van der Waals surface area contributed by atoms with Crippen molar-refractivity contribution in [1.29, 1.82) is 0 Å². The van der Waals surface area contributed by atoms with Gasteiger partial charge in [-0.05, 0) is 49.6 Å². The number of nitrogens with zero attached hydrogens (tertiary/aromatic N) is 3. The third-order valence-electron chi connectivity index (χ3n) is 5.77. The Morgan fingerprint density at radius 1 is 1.00 bits per heavy atom. The highest BCUT2D eigenvalue weighted by Gasteiger charge is 2.31. The molecule has 0 radical (unpaired) electrons. The van der Waals surface area contributed by atoms with Gasteiger partial charge in [0.1, 0.15) is 0 Å². The Bertz CT molecular complexity index is 817. The van der Waals surface area contributed by atoms with Crippen molar-refractivity contribution in [1.82, 2.24) is 4.90 Å². The van der Waals surface area contributed by atoms with Crippen LogP contribution < -0.4 is 9.80 Å². The predicted molar refractivity (Wildman–Crippen MR) is 112 cm³/mol. The van der Waals surface area contributed by atoms with Gasteiger partial charge < -0.3 is 9.80 Å². The van der Waals surface area contributed by atoms with Gasteiger partial charge in [-0.25, -0.2) is 0 Å². The van der Waals surface area contributed by atoms with Crippen LogP contribution in [0.3, 0.4) is 0 Å². The van der Waals surface area contributed by atoms with Crippen LogP contribution in [0.4, 0.5) is 11.4 Å². The maximum absolute atomic E-state index is 13.2. The smallest absolute Gasteiger partial charge is 0.244 e. The van der Waals surface area contributed by atoms with Crippen LogP contribution in [-0.2, 0) is 11.2 Å². The lowest BCUT2D eigenvalue weighted by molar-refractivity contribution is -0.123. The van der Waals surface area contributed by atoms with Crippen molar-refractivity contribution in [3.8, 4) is 0 Å². The van der Waals surface area contributed by atoms with E-state index in [1.165, 1.54) is 5.56 Å². The Morgan fingerprint density at radius 2 is 1.78 bits per heavy atom. The number of para-hydroxylation sites is 1. The molecule has 0 bridgehead atoms. The standard InChI is InChI=1S/C22H26ClN3O/c1-17(22(27)26-11-5-7-18-6-2-3-10-21(18)26)24-12-14-25(15-13-24)20-9-4-8-19(23)16-20/h2-4,6,8-10,16-17H,5,7,11-15H2,1H3/t17-/m0/s1. The maximum atomic E-state index is 13.2. The molecule has 2 aromatic carbocycles. The van der Waals surface area contributed by atoms with Crippen LogP contribution in [0.15, 0.2) is 48.5 Å². The van der Waals surface area contributed by atoms with Crippen molar-refractivity contribution in [3.63, 3.8) is 0 Å². The minimum Gasteiger partial charge on any atom is -0.369 e. The van der Waals surface area contributed by atoms with Crippen molar-refractivity contribution in [2.45, 2.75) is 25.8 Å². The van der Waals surface area contributed by atoms with E-state index in [0.29, 0.717) is 0 Å². The maximum Gasteiger partial charge on any atom is 0.244 e. The van der Waals surface area contributed by atoms with Crippen molar-refractivity contribution in [3.05, 3.63) is 59.1 Å². The number of hydrogen-bond donors (Lipinski definition) is 0. The molecule has 1 amide bonds. The van der Waals surface area contributed by atoms with Gasteiger partial charge in [-0.1, -0.05) is 35.9 Å². The Balaban J connectivity index is 1.41. The van der Waals surface area contributed by atoms with Gasteiger partial charge in [0.15, 0.2) is 0 Å². The third-order valence-corrected chi connectivity index (χ3v) is 6.00. The van der Waals surface area contributed by atoms with E-state index < -0.39 is 0 Å². The summed E-state index contributed by atoms with van der Waals surface area (Å²) >= 11 is 6.12. The number of carbonyl (C=O) groups excluding carboxylic acids is 1. The van der Waals surface area contributed by atoms with Gasteiger partial charge in [0, 0.05) is 49.1 Å². The number of fused-ring (bicyclic) bond motifs is 1. The zero-order chi connectivity index (χ0) is 18.8. The van der Waals surface area contributed by atoms with Gasteiger partial charge >= 0.3 is 0 Å². The fourth-order valence-corrected chi connectivity index (χ4v) is 4.37. The Kier molecular flexibility index (Phi) is 5.37. The van der Waals surface area contributed by atoms with E-state index in [-0.39, 0.29) is 11.9 Å². The second kappa shape index (κ2) is 7.91. The van der Waals surface area contributed by atoms with Crippen molar-refractivity contribution in [2.24, 2.45) is 0 Å². The van der Waals surface area contributed by atoms with E-state index in [4.69, 9.17) is 11.6 Å². The van der Waals surface area contributed by atoms with Crippen LogP contribution in [0.1, 0.15) is 18.9 Å². The van der Waals surface area contributed by atoms with Gasteiger partial charge in [-0.3, -0.25) is 9.69 Å². The minimum absolute atomic E-state index is 0.0994. The number of anilines is 2. The normalized spacial score (nSPS) is 18.9. The molecule has 1 fully saturated rings. The summed E-state index contributed by atoms with van der Waals surface area (Å²) in [6.45, 7) is 6.46. The number of aryl methyl sites for hydroxylation is 1. The fraction of sp³-hybridized carbons (Fsp3) is 0.409. The molecule has 2 aromatic rings. The minimum atomic E-state index is -0.0994. The molecular formula is C22H26ClN3O. The highest BCUT2D eigenvalue weighted by molar-refractivity contribution is 6.30. The molecule has 2 aliphatic heterocycles. The number of halogens is 1. The summed E-state index contributed by atoms with van der Waals surface area (Å²) in [6, 6.07) is 16.2. The summed E-state index contributed by atoms with van der Waals surface area (Å²) in [5.74, 6) is 0.221. The quantitative estimate of drug-likeness (QED) is 0.805. The number of amides is 1. The first kappa shape index (κ1) is 18.3. The van der Waals surface area contributed by atoms with Crippen LogP contribution >= 0.6 is 11.6 Å². The Morgan fingerprint density at radius 3 is 2.56 bits per heavy atom. The van der Waals surface area contributed by atoms with Crippen LogP contribution in [0.25, 0.3) is 0 Å². The average Bonchev–Trinajstić information content (AvgIpc) is 2.72. The Hall–Kier alpha value is -2.04. The van der Waals surface area contributed by atoms with Crippen LogP contribution in [0.5, 0.6) is 0 Å². The van der Waals surface area contributed by atoms with E-state index in [9.17, 15) is 4.79 Å². The van der Waals surface area contributed by atoms with E-state index >= 15 is 0 Å². The molecule has 0 spiro atoms. The summed E-state index contributed by atoms with van der Waals surface area (Å²) in [5.41, 5.74) is 3.54. The first-order valence-corrected chi connectivity index (χ1v) is 10.1. The van der Waals surface area contributed by atoms with E-state index in [0.717, 1.165) is 62.0 Å². The molecule has 1 atom stereocenters. The number of carbonyl (C=O) groups is 1. The van der Waals surface area contributed by atoms with E-state index in [1.54, 1.807) is 0 Å². The average molecular weight is 384 g/mol. The SMILES string of the molecule is C[C@@H](C(=O)N1CCCc2ccccc21)N1CCN(c2cccc(Cl)c2)CC1. The number of hydrogen-bond acceptors (Lipinski definition) is 3. The molecule has 4 rings (SSSR count). The van der Waals surface area contributed by atoms with Crippen molar-refractivity contribution >= 4 is 28.9 Å². The molecule has 2 heterocycles. The van der Waals surface area contributed by atoms with Crippen molar-refractivity contribution in [2.75, 3.05) is 42.5 Å². The first-order valence-electron chi connectivity index (χ1n) is 9.77. The fourth-order valence-electron chi connectivity index (χ4n) is 4.18. The van der Waals surface area contributed by atoms with E-state index in [2.05, 4.69) is 41.0 Å². The van der Waals surface area contributed by atoms with Gasteiger partial charge in [0.05, 0.1) is 6.04 Å². The zero-order valence-corrected chi connectivity index (χ0v) is 16.5. The lowest BCUT2D eigenvalue weighted by Gasteiger charge is -2.40. The van der Waals surface area contributed by atoms with Gasteiger partial charge in [-0.2, -0.15) is 0 Å². The number of piperazine rings is 1. The van der Waals surface area contributed by atoms with Crippen LogP contribution in [0, 0.1) is 0 Å². The second-order valence-corrected chi connectivity index (χ2v) is 7.84. The summed E-state index contributed by atoms with van der Waals surface area (Å²) in [6.07, 6.45) is 2.10. The Labute approximate surface area is 166 Å². The summed E-state index contributed by atoms with van der Waals surface area (Å²) in [7, 11) is 0. The van der Waals surface area contributed by atoms with Gasteiger partial charge in [0.2, 0.25) is 5.91 Å². The second-order valence-electron chi connectivity index (χ2n) is 7.40. The molecule has 142 valence electrons. The largest absolute Gasteiger partial charge is 0.369 e. The highest BCUT2D eigenvalue weighted by Crippen LogP contribution is 2.28. The van der Waals surface area contributed by atoms with Crippen molar-refractivity contribution < 1.29 is 4.79 Å². The molecule has 2 aliphatic rings. The molecule has 4 nitrogen and oxygen atoms in total. The summed E-state index contributed by atoms with van der Waals surface area (Å²) in [5, 5.41) is 0.766. The monoisotopic (exact) mass is 383 g/mol. The molecular weight excluding hydrogens is 358 g/mol. The lowest BCUT2D eigenvalue weighted by atomic mass is 10.0. The summed E-state index contributed by atoms with van der Waals surface area (Å²) < 4.78 is 0. The molecule has 1 saturated heterocycles. The molecule has 0 saturated carbocycles. The number of benzene rings is 2. The third kappa shape index (κ3) is 3.83. The highest BCUT2D eigenvalue weighted by atomic mass is 35.5. The number of rotatable bonds is 3. The molecule has 0 N–H and O–H groups in total. The van der Waals surface area contributed by atoms with Gasteiger partial charge in [0.25, 0.3) is 0 Å². The molecule has 5 heteroatoms. The molecule has 0 unspecified atom stereocenters. The zero-order valence-electron chi connectivity index (χ0n) is 15.8. The van der Waals surface area contributed by atoms with Gasteiger partial charge in [-0.15, -0.1) is 0 Å². The van der Waals surface area contributed by atoms with E-state index in [1.807, 2.05) is 29.2 Å². The molecule has 0 aromatic heterocycles. The predicted octanol–water partition coefficient (Wildman–Crippen LogP) is 3.83. The summed E-state index contributed by atoms with van der Waals surface area (Å²) in [4.78, 5) is 19.9. The molecule has 27 heavy (non-hydrogen) atoms.